The molecule has 0 spiro atoms. The van der Waals surface area contributed by atoms with Gasteiger partial charge in [0, 0.05) is 26.2 Å². The first-order valence-electron chi connectivity index (χ1n) is 9.32. The molecule has 4 nitrogen and oxygen atoms in total. The number of hydrogen-bond acceptors (Lipinski definition) is 6. The van der Waals surface area contributed by atoms with Crippen molar-refractivity contribution < 1.29 is 0 Å². The maximum absolute atomic E-state index is 4.95. The number of aromatic nitrogens is 2. The number of nitrogens with zero attached hydrogens (tertiary/aromatic N) is 4. The Balaban J connectivity index is 1.36. The second kappa shape index (κ2) is 6.46. The molecule has 2 aromatic heterocycles. The van der Waals surface area contributed by atoms with Crippen LogP contribution in [-0.2, 0) is 0 Å². The first-order valence-corrected chi connectivity index (χ1v) is 11.0. The fourth-order valence-electron chi connectivity index (χ4n) is 3.63. The standard InChI is InChI=1S/C21H22N4S2/c1-13-4-7-16-17(12-13)26-20(22-16)24-8-10-25(11-9-24)21-23-18-14(2)5-6-15(3)19(18)27-21/h4-7,12H,8-11H2,1-3H3. The number of anilines is 2. The molecule has 1 aliphatic heterocycles. The Morgan fingerprint density at radius 2 is 1.44 bits per heavy atom. The SMILES string of the molecule is Cc1ccc2nc(N3CCN(c4nc5c(C)ccc(C)c5s4)CC3)sc2c1. The first-order chi connectivity index (χ1) is 13.1. The van der Waals surface area contributed by atoms with Gasteiger partial charge in [-0.05, 0) is 49.6 Å². The van der Waals surface area contributed by atoms with Crippen LogP contribution in [0.15, 0.2) is 30.3 Å². The van der Waals surface area contributed by atoms with Crippen LogP contribution in [0, 0.1) is 20.8 Å². The van der Waals surface area contributed by atoms with Crippen molar-refractivity contribution in [2.24, 2.45) is 0 Å². The molecule has 4 aromatic rings. The van der Waals surface area contributed by atoms with Crippen LogP contribution >= 0.6 is 22.7 Å². The van der Waals surface area contributed by atoms with Crippen molar-refractivity contribution in [2.45, 2.75) is 20.8 Å². The highest BCUT2D eigenvalue weighted by Gasteiger charge is 2.22. The first kappa shape index (κ1) is 17.0. The monoisotopic (exact) mass is 394 g/mol. The van der Waals surface area contributed by atoms with E-state index >= 15 is 0 Å². The van der Waals surface area contributed by atoms with Crippen LogP contribution in [0.3, 0.4) is 0 Å². The molecule has 0 radical (unpaired) electrons. The number of thiazole rings is 2. The van der Waals surface area contributed by atoms with Gasteiger partial charge in [-0.1, -0.05) is 40.9 Å². The smallest absolute Gasteiger partial charge is 0.186 e. The molecule has 1 saturated heterocycles. The molecule has 138 valence electrons. The second-order valence-corrected chi connectivity index (χ2v) is 9.30. The second-order valence-electron chi connectivity index (χ2n) is 7.32. The fourth-order valence-corrected chi connectivity index (χ4v) is 5.91. The van der Waals surface area contributed by atoms with Crippen molar-refractivity contribution in [3.8, 4) is 0 Å². The zero-order valence-electron chi connectivity index (χ0n) is 15.8. The van der Waals surface area contributed by atoms with Crippen molar-refractivity contribution >= 4 is 53.4 Å². The lowest BCUT2D eigenvalue weighted by molar-refractivity contribution is 0.651. The molecule has 0 bridgehead atoms. The highest BCUT2D eigenvalue weighted by atomic mass is 32.1. The number of aryl methyl sites for hydroxylation is 3. The van der Waals surface area contributed by atoms with Crippen molar-refractivity contribution in [1.82, 2.24) is 9.97 Å². The van der Waals surface area contributed by atoms with Gasteiger partial charge in [-0.3, -0.25) is 0 Å². The number of benzene rings is 2. The molecule has 1 aliphatic rings. The predicted molar refractivity (Wildman–Crippen MR) is 118 cm³/mol. The molecule has 3 heterocycles. The lowest BCUT2D eigenvalue weighted by atomic mass is 10.1. The summed E-state index contributed by atoms with van der Waals surface area (Å²) >= 11 is 3.64. The van der Waals surface area contributed by atoms with E-state index in [1.54, 1.807) is 11.3 Å². The average molecular weight is 395 g/mol. The van der Waals surface area contributed by atoms with Gasteiger partial charge in [0.25, 0.3) is 0 Å². The van der Waals surface area contributed by atoms with E-state index in [0.717, 1.165) is 42.0 Å². The lowest BCUT2D eigenvalue weighted by Gasteiger charge is -2.34. The van der Waals surface area contributed by atoms with Crippen molar-refractivity contribution in [1.29, 1.82) is 0 Å². The van der Waals surface area contributed by atoms with Gasteiger partial charge in [-0.15, -0.1) is 0 Å². The van der Waals surface area contributed by atoms with Crippen LogP contribution in [0.1, 0.15) is 16.7 Å². The average Bonchev–Trinajstić information content (AvgIpc) is 3.30. The van der Waals surface area contributed by atoms with Gasteiger partial charge < -0.3 is 9.80 Å². The zero-order chi connectivity index (χ0) is 18.5. The Bertz CT molecular complexity index is 1100. The molecule has 0 saturated carbocycles. The Hall–Kier alpha value is -2.18. The molecule has 0 amide bonds. The van der Waals surface area contributed by atoms with Gasteiger partial charge in [0.15, 0.2) is 10.3 Å². The third-order valence-electron chi connectivity index (χ3n) is 5.28. The molecule has 1 fully saturated rings. The van der Waals surface area contributed by atoms with E-state index in [2.05, 4.69) is 60.9 Å². The minimum atomic E-state index is 0.993. The van der Waals surface area contributed by atoms with Gasteiger partial charge in [0.2, 0.25) is 0 Å². The number of rotatable bonds is 2. The third-order valence-corrected chi connectivity index (χ3v) is 7.61. The number of hydrogen-bond donors (Lipinski definition) is 0. The summed E-state index contributed by atoms with van der Waals surface area (Å²) in [6.45, 7) is 10.4. The minimum Gasteiger partial charge on any atom is -0.345 e. The molecule has 5 rings (SSSR count). The molecule has 2 aromatic carbocycles. The zero-order valence-corrected chi connectivity index (χ0v) is 17.5. The minimum absolute atomic E-state index is 0.993. The molecular weight excluding hydrogens is 372 g/mol. The largest absolute Gasteiger partial charge is 0.345 e. The quantitative estimate of drug-likeness (QED) is 0.470. The Morgan fingerprint density at radius 1 is 0.778 bits per heavy atom. The third kappa shape index (κ3) is 2.97. The summed E-state index contributed by atoms with van der Waals surface area (Å²) in [4.78, 5) is 14.6. The van der Waals surface area contributed by atoms with Gasteiger partial charge in [0.05, 0.1) is 20.4 Å². The summed E-state index contributed by atoms with van der Waals surface area (Å²) in [5.74, 6) is 0. The normalized spacial score (nSPS) is 15.2. The summed E-state index contributed by atoms with van der Waals surface area (Å²) in [5.41, 5.74) is 6.16. The van der Waals surface area contributed by atoms with E-state index in [1.807, 2.05) is 11.3 Å². The molecule has 0 unspecified atom stereocenters. The lowest BCUT2D eigenvalue weighted by Crippen LogP contribution is -2.46. The Morgan fingerprint density at radius 3 is 2.15 bits per heavy atom. The van der Waals surface area contributed by atoms with Gasteiger partial charge in [-0.2, -0.15) is 0 Å². The van der Waals surface area contributed by atoms with Crippen molar-refractivity contribution in [3.05, 3.63) is 47.0 Å². The Labute approximate surface area is 167 Å². The maximum Gasteiger partial charge on any atom is 0.186 e. The van der Waals surface area contributed by atoms with E-state index in [1.165, 1.54) is 31.6 Å². The van der Waals surface area contributed by atoms with E-state index in [4.69, 9.17) is 9.97 Å². The summed E-state index contributed by atoms with van der Waals surface area (Å²) in [7, 11) is 0. The number of fused-ring (bicyclic) bond motifs is 2. The topological polar surface area (TPSA) is 32.3 Å². The highest BCUT2D eigenvalue weighted by Crippen LogP contribution is 2.34. The molecule has 27 heavy (non-hydrogen) atoms. The summed E-state index contributed by atoms with van der Waals surface area (Å²) in [6.07, 6.45) is 0. The van der Waals surface area contributed by atoms with Crippen LogP contribution in [0.5, 0.6) is 0 Å². The van der Waals surface area contributed by atoms with Crippen LogP contribution < -0.4 is 9.80 Å². The van der Waals surface area contributed by atoms with Gasteiger partial charge >= 0.3 is 0 Å². The molecule has 0 aliphatic carbocycles. The van der Waals surface area contributed by atoms with Gasteiger partial charge in [0.1, 0.15) is 0 Å². The summed E-state index contributed by atoms with van der Waals surface area (Å²) in [6, 6.07) is 10.9. The van der Waals surface area contributed by atoms with E-state index in [9.17, 15) is 0 Å². The Kier molecular flexibility index (Phi) is 4.06. The van der Waals surface area contributed by atoms with Crippen molar-refractivity contribution in [3.63, 3.8) is 0 Å². The fraction of sp³-hybridized carbons (Fsp3) is 0.333. The van der Waals surface area contributed by atoms with Crippen LogP contribution in [0.25, 0.3) is 20.4 Å². The maximum atomic E-state index is 4.95. The van der Waals surface area contributed by atoms with E-state index in [0.29, 0.717) is 0 Å². The summed E-state index contributed by atoms with van der Waals surface area (Å²) in [5, 5.41) is 2.30. The van der Waals surface area contributed by atoms with E-state index < -0.39 is 0 Å². The molecule has 0 atom stereocenters. The van der Waals surface area contributed by atoms with Crippen LogP contribution in [0.2, 0.25) is 0 Å². The predicted octanol–water partition coefficient (Wildman–Crippen LogP) is 5.16. The van der Waals surface area contributed by atoms with Gasteiger partial charge in [-0.25, -0.2) is 9.97 Å². The number of piperazine rings is 1. The van der Waals surface area contributed by atoms with Crippen LogP contribution in [0.4, 0.5) is 10.3 Å². The highest BCUT2D eigenvalue weighted by molar-refractivity contribution is 7.22. The van der Waals surface area contributed by atoms with Crippen molar-refractivity contribution in [2.75, 3.05) is 36.0 Å². The summed E-state index contributed by atoms with van der Waals surface area (Å²) < 4.78 is 2.61. The van der Waals surface area contributed by atoms with E-state index in [-0.39, 0.29) is 0 Å². The molecular formula is C21H22N4S2. The van der Waals surface area contributed by atoms with Crippen LogP contribution in [-0.4, -0.2) is 36.1 Å². The molecule has 0 N–H and O–H groups in total. The molecule has 6 heteroatoms.